The van der Waals surface area contributed by atoms with E-state index in [1.807, 2.05) is 0 Å². The molecule has 1 aromatic carbocycles. The van der Waals surface area contributed by atoms with Crippen LogP contribution in [0.4, 0.5) is 0 Å². The van der Waals surface area contributed by atoms with Crippen molar-refractivity contribution in [2.45, 2.75) is 13.5 Å². The monoisotopic (exact) mass is 239 g/mol. The van der Waals surface area contributed by atoms with Gasteiger partial charge in [0.05, 0.1) is 0 Å². The quantitative estimate of drug-likeness (QED) is 0.852. The minimum absolute atomic E-state index is 0. The average molecular weight is 240 g/mol. The molecule has 0 bridgehead atoms. The molecular weight excluding hydrogens is 226 g/mol. The Labute approximate surface area is 100 Å². The second-order valence-corrected chi connectivity index (χ2v) is 4.11. The third kappa shape index (κ3) is 2.40. The molecule has 3 heteroatoms. The van der Waals surface area contributed by atoms with Crippen LogP contribution in [0.2, 0.25) is 0 Å². The van der Waals surface area contributed by atoms with Gasteiger partial charge in [0, 0.05) is 6.54 Å². The zero-order chi connectivity index (χ0) is 9.97. The van der Waals surface area contributed by atoms with Gasteiger partial charge in [-0.15, -0.1) is 12.4 Å². The van der Waals surface area contributed by atoms with Gasteiger partial charge in [-0.1, -0.05) is 18.2 Å². The molecule has 0 aliphatic rings. The van der Waals surface area contributed by atoms with E-state index in [-0.39, 0.29) is 12.4 Å². The van der Waals surface area contributed by atoms with Crippen LogP contribution in [0.15, 0.2) is 35.0 Å². The summed E-state index contributed by atoms with van der Waals surface area (Å²) in [7, 11) is 0. The third-order valence-corrected chi connectivity index (χ3v) is 3.07. The summed E-state index contributed by atoms with van der Waals surface area (Å²) in [6.07, 6.45) is 0. The largest absolute Gasteiger partial charge is 0.326 e. The number of hydrogen-bond donors (Lipinski definition) is 1. The van der Waals surface area contributed by atoms with Crippen LogP contribution in [0.5, 0.6) is 0 Å². The molecule has 0 fully saturated rings. The van der Waals surface area contributed by atoms with Crippen LogP contribution in [0.1, 0.15) is 11.1 Å². The summed E-state index contributed by atoms with van der Waals surface area (Å²) in [5, 5.41) is 4.27. The van der Waals surface area contributed by atoms with Gasteiger partial charge in [-0.2, -0.15) is 11.3 Å². The maximum atomic E-state index is 5.73. The Morgan fingerprint density at radius 2 is 2.07 bits per heavy atom. The van der Waals surface area contributed by atoms with Crippen LogP contribution in [0, 0.1) is 6.92 Å². The van der Waals surface area contributed by atoms with Gasteiger partial charge in [0.15, 0.2) is 0 Å². The molecule has 0 atom stereocenters. The number of rotatable bonds is 2. The molecule has 0 saturated heterocycles. The fourth-order valence-electron chi connectivity index (χ4n) is 1.72. The molecule has 2 rings (SSSR count). The molecule has 0 radical (unpaired) electrons. The second kappa shape index (κ2) is 5.31. The van der Waals surface area contributed by atoms with Gasteiger partial charge in [0.25, 0.3) is 0 Å². The number of thiophene rings is 1. The number of nitrogens with two attached hydrogens (primary N) is 1. The van der Waals surface area contributed by atoms with Crippen molar-refractivity contribution in [1.29, 1.82) is 0 Å². The molecule has 2 aromatic rings. The van der Waals surface area contributed by atoms with E-state index in [9.17, 15) is 0 Å². The SMILES string of the molecule is Cc1cccc(CN)c1-c1ccsc1.Cl. The predicted molar refractivity (Wildman–Crippen MR) is 69.6 cm³/mol. The van der Waals surface area contributed by atoms with Crippen LogP contribution in [-0.2, 0) is 6.54 Å². The van der Waals surface area contributed by atoms with E-state index in [4.69, 9.17) is 5.73 Å². The Morgan fingerprint density at radius 3 is 2.67 bits per heavy atom. The third-order valence-electron chi connectivity index (χ3n) is 2.39. The normalized spacial score (nSPS) is 9.73. The number of aryl methyl sites for hydroxylation is 1. The molecule has 1 nitrogen and oxygen atoms in total. The minimum atomic E-state index is 0. The molecular formula is C12H14ClNS. The number of benzene rings is 1. The van der Waals surface area contributed by atoms with E-state index in [1.54, 1.807) is 11.3 Å². The summed E-state index contributed by atoms with van der Waals surface area (Å²) < 4.78 is 0. The molecule has 0 spiro atoms. The molecule has 0 aliphatic carbocycles. The number of hydrogen-bond acceptors (Lipinski definition) is 2. The first kappa shape index (κ1) is 12.2. The molecule has 0 saturated carbocycles. The molecule has 15 heavy (non-hydrogen) atoms. The van der Waals surface area contributed by atoms with E-state index < -0.39 is 0 Å². The lowest BCUT2D eigenvalue weighted by Gasteiger charge is -2.09. The van der Waals surface area contributed by atoms with Crippen LogP contribution in [-0.4, -0.2) is 0 Å². The van der Waals surface area contributed by atoms with Gasteiger partial charge in [-0.05, 0) is 46.0 Å². The smallest absolute Gasteiger partial charge is 0.0184 e. The summed E-state index contributed by atoms with van der Waals surface area (Å²) >= 11 is 1.72. The fraction of sp³-hybridized carbons (Fsp3) is 0.167. The molecule has 1 aromatic heterocycles. The Morgan fingerprint density at radius 1 is 1.27 bits per heavy atom. The van der Waals surface area contributed by atoms with Crippen molar-refractivity contribution in [1.82, 2.24) is 0 Å². The van der Waals surface area contributed by atoms with Crippen molar-refractivity contribution in [2.24, 2.45) is 5.73 Å². The van der Waals surface area contributed by atoms with E-state index in [0.29, 0.717) is 6.54 Å². The lowest BCUT2D eigenvalue weighted by Crippen LogP contribution is -1.99. The Balaban J connectivity index is 0.00000112. The molecule has 1 heterocycles. The van der Waals surface area contributed by atoms with Crippen LogP contribution >= 0.6 is 23.7 Å². The van der Waals surface area contributed by atoms with Gasteiger partial charge in [0.2, 0.25) is 0 Å². The Hall–Kier alpha value is -0.830. The highest BCUT2D eigenvalue weighted by Crippen LogP contribution is 2.28. The molecule has 0 aliphatic heterocycles. The maximum Gasteiger partial charge on any atom is 0.0184 e. The van der Waals surface area contributed by atoms with Crippen molar-refractivity contribution in [3.8, 4) is 11.1 Å². The highest BCUT2D eigenvalue weighted by Gasteiger charge is 2.06. The highest BCUT2D eigenvalue weighted by molar-refractivity contribution is 7.08. The lowest BCUT2D eigenvalue weighted by molar-refractivity contribution is 1.07. The topological polar surface area (TPSA) is 26.0 Å². The Bertz CT molecular complexity index is 423. The van der Waals surface area contributed by atoms with Gasteiger partial charge in [-0.3, -0.25) is 0 Å². The second-order valence-electron chi connectivity index (χ2n) is 3.33. The Kier molecular flexibility index (Phi) is 4.33. The van der Waals surface area contributed by atoms with E-state index >= 15 is 0 Å². The zero-order valence-corrected chi connectivity index (χ0v) is 10.2. The minimum Gasteiger partial charge on any atom is -0.326 e. The van der Waals surface area contributed by atoms with Gasteiger partial charge >= 0.3 is 0 Å². The van der Waals surface area contributed by atoms with Crippen molar-refractivity contribution in [3.05, 3.63) is 46.2 Å². The predicted octanol–water partition coefficient (Wildman–Crippen LogP) is 3.60. The molecule has 0 unspecified atom stereocenters. The van der Waals surface area contributed by atoms with Crippen molar-refractivity contribution >= 4 is 23.7 Å². The highest BCUT2D eigenvalue weighted by atomic mass is 35.5. The van der Waals surface area contributed by atoms with Crippen LogP contribution in [0.3, 0.4) is 0 Å². The maximum absolute atomic E-state index is 5.73. The first-order chi connectivity index (χ1) is 6.83. The molecule has 80 valence electrons. The summed E-state index contributed by atoms with van der Waals surface area (Å²) in [5.41, 5.74) is 10.8. The van der Waals surface area contributed by atoms with Crippen molar-refractivity contribution in [3.63, 3.8) is 0 Å². The van der Waals surface area contributed by atoms with Crippen molar-refractivity contribution in [2.75, 3.05) is 0 Å². The van der Waals surface area contributed by atoms with Crippen LogP contribution < -0.4 is 5.73 Å². The van der Waals surface area contributed by atoms with E-state index in [0.717, 1.165) is 0 Å². The fourth-order valence-corrected chi connectivity index (χ4v) is 2.37. The van der Waals surface area contributed by atoms with Crippen LogP contribution in [0.25, 0.3) is 11.1 Å². The summed E-state index contributed by atoms with van der Waals surface area (Å²) in [5.74, 6) is 0. The average Bonchev–Trinajstić information content (AvgIpc) is 2.70. The van der Waals surface area contributed by atoms with Gasteiger partial charge in [0.1, 0.15) is 0 Å². The van der Waals surface area contributed by atoms with E-state index in [2.05, 4.69) is 41.9 Å². The first-order valence-corrected chi connectivity index (χ1v) is 5.58. The summed E-state index contributed by atoms with van der Waals surface area (Å²) in [6, 6.07) is 8.44. The summed E-state index contributed by atoms with van der Waals surface area (Å²) in [4.78, 5) is 0. The lowest BCUT2D eigenvalue weighted by atomic mass is 9.97. The zero-order valence-electron chi connectivity index (χ0n) is 8.57. The summed E-state index contributed by atoms with van der Waals surface area (Å²) in [6.45, 7) is 2.74. The van der Waals surface area contributed by atoms with Gasteiger partial charge < -0.3 is 5.73 Å². The first-order valence-electron chi connectivity index (χ1n) is 4.64. The van der Waals surface area contributed by atoms with Crippen molar-refractivity contribution < 1.29 is 0 Å². The van der Waals surface area contributed by atoms with E-state index in [1.165, 1.54) is 22.3 Å². The molecule has 0 amide bonds. The molecule has 2 N–H and O–H groups in total. The standard InChI is InChI=1S/C12H13NS.ClH/c1-9-3-2-4-10(7-13)12(9)11-5-6-14-8-11;/h2-6,8H,7,13H2,1H3;1H. The number of halogens is 1. The van der Waals surface area contributed by atoms with Gasteiger partial charge in [-0.25, -0.2) is 0 Å².